The zero-order valence-electron chi connectivity index (χ0n) is 12.2. The molecule has 116 valence electrons. The van der Waals surface area contributed by atoms with Gasteiger partial charge in [0.2, 0.25) is 5.88 Å². The summed E-state index contributed by atoms with van der Waals surface area (Å²) in [6.07, 6.45) is 2.99. The van der Waals surface area contributed by atoms with Crippen LogP contribution in [0, 0.1) is 0 Å². The molecule has 2 aromatic rings. The van der Waals surface area contributed by atoms with Gasteiger partial charge >= 0.3 is 0 Å². The molecule has 0 saturated carbocycles. The maximum atomic E-state index is 12.1. The first-order valence-corrected chi connectivity index (χ1v) is 6.90. The number of rotatable bonds is 7. The lowest BCUT2D eigenvalue weighted by atomic mass is 10.2. The second-order valence-electron chi connectivity index (χ2n) is 4.28. The summed E-state index contributed by atoms with van der Waals surface area (Å²) >= 11 is 0. The number of nitrogens with zero attached hydrogens (tertiary/aromatic N) is 1. The number of nitrogens with one attached hydrogen (secondary N) is 2. The van der Waals surface area contributed by atoms with Crippen molar-refractivity contribution in [1.82, 2.24) is 15.6 Å². The second-order valence-corrected chi connectivity index (χ2v) is 4.28. The Labute approximate surface area is 127 Å². The van der Waals surface area contributed by atoms with Gasteiger partial charge in [-0.25, -0.2) is 4.98 Å². The normalized spacial score (nSPS) is 10.0. The number of furan rings is 1. The van der Waals surface area contributed by atoms with E-state index in [9.17, 15) is 9.59 Å². The molecule has 2 N–H and O–H groups in total. The summed E-state index contributed by atoms with van der Waals surface area (Å²) < 4.78 is 10.3. The minimum absolute atomic E-state index is 0.234. The van der Waals surface area contributed by atoms with Crippen LogP contribution in [-0.2, 0) is 0 Å². The van der Waals surface area contributed by atoms with E-state index in [4.69, 9.17) is 9.15 Å². The van der Waals surface area contributed by atoms with Crippen LogP contribution in [0.25, 0.3) is 0 Å². The Morgan fingerprint density at radius 3 is 2.64 bits per heavy atom. The highest BCUT2D eigenvalue weighted by Crippen LogP contribution is 2.13. The molecular weight excluding hydrogens is 286 g/mol. The summed E-state index contributed by atoms with van der Waals surface area (Å²) in [5.41, 5.74) is 0.363. The number of hydrogen-bond donors (Lipinski definition) is 2. The topological polar surface area (TPSA) is 93.5 Å². The van der Waals surface area contributed by atoms with Crippen molar-refractivity contribution in [3.63, 3.8) is 0 Å². The van der Waals surface area contributed by atoms with Crippen LogP contribution >= 0.6 is 0 Å². The van der Waals surface area contributed by atoms with Crippen molar-refractivity contribution in [3.8, 4) is 5.88 Å². The Kier molecular flexibility index (Phi) is 5.53. The summed E-state index contributed by atoms with van der Waals surface area (Å²) in [5.74, 6) is -0.0984. The average molecular weight is 303 g/mol. The Balaban J connectivity index is 1.80. The molecule has 0 radical (unpaired) electrons. The van der Waals surface area contributed by atoms with E-state index >= 15 is 0 Å². The van der Waals surface area contributed by atoms with Crippen LogP contribution in [0.1, 0.15) is 27.8 Å². The second kappa shape index (κ2) is 7.82. The van der Waals surface area contributed by atoms with Crippen LogP contribution in [0.4, 0.5) is 0 Å². The SMILES string of the molecule is CCOc1ncccc1C(=O)NCCNC(=O)c1ccco1. The molecule has 0 spiro atoms. The molecule has 0 aliphatic heterocycles. The van der Waals surface area contributed by atoms with Crippen molar-refractivity contribution in [2.45, 2.75) is 6.92 Å². The fraction of sp³-hybridized carbons (Fsp3) is 0.267. The quantitative estimate of drug-likeness (QED) is 0.750. The molecule has 2 amide bonds. The van der Waals surface area contributed by atoms with Crippen molar-refractivity contribution >= 4 is 11.8 Å². The number of pyridine rings is 1. The van der Waals surface area contributed by atoms with Crippen molar-refractivity contribution in [2.24, 2.45) is 0 Å². The molecule has 22 heavy (non-hydrogen) atoms. The summed E-state index contributed by atoms with van der Waals surface area (Å²) in [7, 11) is 0. The van der Waals surface area contributed by atoms with Crippen molar-refractivity contribution in [3.05, 3.63) is 48.0 Å². The smallest absolute Gasteiger partial charge is 0.287 e. The van der Waals surface area contributed by atoms with E-state index in [1.165, 1.54) is 6.26 Å². The minimum atomic E-state index is -0.323. The van der Waals surface area contributed by atoms with Gasteiger partial charge in [0.25, 0.3) is 11.8 Å². The third kappa shape index (κ3) is 4.08. The highest BCUT2D eigenvalue weighted by atomic mass is 16.5. The van der Waals surface area contributed by atoms with E-state index in [1.54, 1.807) is 30.5 Å². The Morgan fingerprint density at radius 2 is 1.95 bits per heavy atom. The molecular formula is C15H17N3O4. The van der Waals surface area contributed by atoms with Gasteiger partial charge in [-0.2, -0.15) is 0 Å². The number of aromatic nitrogens is 1. The first kappa shape index (κ1) is 15.6. The Bertz CT molecular complexity index is 625. The lowest BCUT2D eigenvalue weighted by molar-refractivity contribution is 0.0909. The predicted molar refractivity (Wildman–Crippen MR) is 78.8 cm³/mol. The van der Waals surface area contributed by atoms with Crippen LogP contribution in [0.2, 0.25) is 0 Å². The van der Waals surface area contributed by atoms with Gasteiger partial charge in [-0.3, -0.25) is 9.59 Å². The number of carbonyl (C=O) groups excluding carboxylic acids is 2. The van der Waals surface area contributed by atoms with Gasteiger partial charge in [-0.15, -0.1) is 0 Å². The van der Waals surface area contributed by atoms with Crippen molar-refractivity contribution in [2.75, 3.05) is 19.7 Å². The van der Waals surface area contributed by atoms with E-state index in [0.717, 1.165) is 0 Å². The largest absolute Gasteiger partial charge is 0.477 e. The maximum Gasteiger partial charge on any atom is 0.287 e. The van der Waals surface area contributed by atoms with E-state index in [-0.39, 0.29) is 30.7 Å². The number of ether oxygens (including phenoxy) is 1. The van der Waals surface area contributed by atoms with Gasteiger partial charge in [0.15, 0.2) is 5.76 Å². The highest BCUT2D eigenvalue weighted by molar-refractivity contribution is 5.96. The monoisotopic (exact) mass is 303 g/mol. The highest BCUT2D eigenvalue weighted by Gasteiger charge is 2.13. The Hall–Kier alpha value is -2.83. The van der Waals surface area contributed by atoms with E-state index in [2.05, 4.69) is 15.6 Å². The van der Waals surface area contributed by atoms with Gasteiger partial charge in [0.05, 0.1) is 12.9 Å². The predicted octanol–water partition coefficient (Wildman–Crippen LogP) is 1.23. The zero-order chi connectivity index (χ0) is 15.8. The first-order chi connectivity index (χ1) is 10.7. The minimum Gasteiger partial charge on any atom is -0.477 e. The summed E-state index contributed by atoms with van der Waals surface area (Å²) in [5, 5.41) is 5.33. The molecule has 0 unspecified atom stereocenters. The molecule has 0 aliphatic rings. The fourth-order valence-corrected chi connectivity index (χ4v) is 1.76. The lowest BCUT2D eigenvalue weighted by Gasteiger charge is -2.09. The maximum absolute atomic E-state index is 12.1. The van der Waals surface area contributed by atoms with Gasteiger partial charge in [-0.1, -0.05) is 0 Å². The van der Waals surface area contributed by atoms with E-state index < -0.39 is 0 Å². The van der Waals surface area contributed by atoms with Crippen LogP contribution in [-0.4, -0.2) is 36.5 Å². The summed E-state index contributed by atoms with van der Waals surface area (Å²) in [4.78, 5) is 27.7. The number of carbonyl (C=O) groups is 2. The van der Waals surface area contributed by atoms with Gasteiger partial charge in [0.1, 0.15) is 5.56 Å². The molecule has 2 heterocycles. The third-order valence-corrected chi connectivity index (χ3v) is 2.74. The molecule has 0 atom stereocenters. The lowest BCUT2D eigenvalue weighted by Crippen LogP contribution is -2.34. The molecule has 0 fully saturated rings. The molecule has 0 aliphatic carbocycles. The summed E-state index contributed by atoms with van der Waals surface area (Å²) in [6, 6.07) is 6.50. The molecule has 0 saturated heterocycles. The first-order valence-electron chi connectivity index (χ1n) is 6.90. The van der Waals surface area contributed by atoms with Gasteiger partial charge in [-0.05, 0) is 31.2 Å². The van der Waals surface area contributed by atoms with Crippen molar-refractivity contribution < 1.29 is 18.7 Å². The van der Waals surface area contributed by atoms with Crippen LogP contribution in [0.15, 0.2) is 41.1 Å². The van der Waals surface area contributed by atoms with Gasteiger partial charge in [0, 0.05) is 19.3 Å². The molecule has 2 rings (SSSR count). The molecule has 2 aromatic heterocycles. The van der Waals surface area contributed by atoms with Crippen LogP contribution < -0.4 is 15.4 Å². The number of hydrogen-bond acceptors (Lipinski definition) is 5. The Morgan fingerprint density at radius 1 is 1.18 bits per heavy atom. The molecule has 0 aromatic carbocycles. The molecule has 7 nitrogen and oxygen atoms in total. The van der Waals surface area contributed by atoms with E-state index in [1.807, 2.05) is 6.92 Å². The third-order valence-electron chi connectivity index (χ3n) is 2.74. The van der Waals surface area contributed by atoms with Crippen molar-refractivity contribution in [1.29, 1.82) is 0 Å². The molecule has 0 bridgehead atoms. The zero-order valence-corrected chi connectivity index (χ0v) is 12.2. The average Bonchev–Trinajstić information content (AvgIpc) is 3.06. The van der Waals surface area contributed by atoms with Gasteiger partial charge < -0.3 is 19.8 Å². The fourth-order valence-electron chi connectivity index (χ4n) is 1.76. The standard InChI is InChI=1S/C15H17N3O4/c1-2-21-15-11(5-3-7-18-15)13(19)16-8-9-17-14(20)12-6-4-10-22-12/h3-7,10H,2,8-9H2,1H3,(H,16,19)(H,17,20). The van der Waals surface area contributed by atoms with E-state index in [0.29, 0.717) is 18.1 Å². The summed E-state index contributed by atoms with van der Waals surface area (Å²) in [6.45, 7) is 2.82. The molecule has 7 heteroatoms. The number of amides is 2. The van der Waals surface area contributed by atoms with Crippen LogP contribution in [0.5, 0.6) is 5.88 Å². The van der Waals surface area contributed by atoms with Crippen LogP contribution in [0.3, 0.4) is 0 Å².